The van der Waals surface area contributed by atoms with E-state index in [2.05, 4.69) is 0 Å². The van der Waals surface area contributed by atoms with Gasteiger partial charge in [0.15, 0.2) is 0 Å². The molecule has 0 rings (SSSR count). The van der Waals surface area contributed by atoms with Crippen molar-refractivity contribution in [3.63, 3.8) is 0 Å². The summed E-state index contributed by atoms with van der Waals surface area (Å²) in [7, 11) is 0. The van der Waals surface area contributed by atoms with Crippen LogP contribution in [0.1, 0.15) is 19.8 Å². The Morgan fingerprint density at radius 2 is 2.14 bits per heavy atom. The van der Waals surface area contributed by atoms with Crippen LogP contribution >= 0.6 is 17.0 Å². The van der Waals surface area contributed by atoms with Crippen LogP contribution in [0.25, 0.3) is 0 Å². The molecule has 0 fully saturated rings. The summed E-state index contributed by atoms with van der Waals surface area (Å²) in [5, 5.41) is 8.33. The second kappa shape index (κ2) is 6.40. The lowest BCUT2D eigenvalue weighted by atomic mass is 10.3. The summed E-state index contributed by atoms with van der Waals surface area (Å²) in [5.41, 5.74) is 4.96. The fourth-order valence-electron chi connectivity index (χ4n) is 0.296. The van der Waals surface area contributed by atoms with Gasteiger partial charge in [-0.25, -0.2) is 0 Å². The molecule has 0 aliphatic carbocycles. The molecule has 0 amide bonds. The molecule has 3 heteroatoms. The average molecular weight is 170 g/mol. The van der Waals surface area contributed by atoms with Gasteiger partial charge in [-0.15, -0.1) is 17.0 Å². The Bertz CT molecular complexity index is 32.9. The van der Waals surface area contributed by atoms with Crippen molar-refractivity contribution < 1.29 is 5.11 Å². The molecule has 0 bridgehead atoms. The van der Waals surface area contributed by atoms with E-state index >= 15 is 0 Å². The first-order valence-electron chi connectivity index (χ1n) is 2.21. The maximum absolute atomic E-state index is 8.33. The summed E-state index contributed by atoms with van der Waals surface area (Å²) in [5.74, 6) is 0. The number of nitrogens with two attached hydrogens (primary N) is 1. The number of aliphatic hydroxyl groups excluding tert-OH is 1. The first-order chi connectivity index (χ1) is 2.77. The highest BCUT2D eigenvalue weighted by Gasteiger charge is 1.87. The van der Waals surface area contributed by atoms with E-state index in [-0.39, 0.29) is 17.0 Å². The zero-order chi connectivity index (χ0) is 4.99. The fraction of sp³-hybridized carbons (Fsp3) is 1.00. The molecule has 0 radical (unpaired) electrons. The molecule has 0 saturated heterocycles. The Balaban J connectivity index is 0. The minimum absolute atomic E-state index is 0. The predicted molar refractivity (Wildman–Crippen MR) is 35.4 cm³/mol. The number of aliphatic hydroxyl groups is 1. The van der Waals surface area contributed by atoms with Gasteiger partial charge in [0.1, 0.15) is 6.23 Å². The monoisotopic (exact) mass is 169 g/mol. The van der Waals surface area contributed by atoms with Gasteiger partial charge in [0.2, 0.25) is 0 Å². The molecule has 0 saturated carbocycles. The molecule has 0 aromatic carbocycles. The smallest absolute Gasteiger partial charge is 0.102 e. The topological polar surface area (TPSA) is 46.2 Å². The Morgan fingerprint density at radius 1 is 1.71 bits per heavy atom. The van der Waals surface area contributed by atoms with Gasteiger partial charge in [-0.3, -0.25) is 0 Å². The molecular formula is C4H12BrNO. The van der Waals surface area contributed by atoms with Crippen molar-refractivity contribution in [3.8, 4) is 0 Å². The summed E-state index contributed by atoms with van der Waals surface area (Å²) in [6.07, 6.45) is 1.06. The summed E-state index contributed by atoms with van der Waals surface area (Å²) in [4.78, 5) is 0. The molecule has 0 aromatic heterocycles. The van der Waals surface area contributed by atoms with Crippen LogP contribution in [0.2, 0.25) is 0 Å². The molecule has 0 aliphatic rings. The van der Waals surface area contributed by atoms with Gasteiger partial charge in [-0.2, -0.15) is 0 Å². The van der Waals surface area contributed by atoms with Crippen LogP contribution in [0.4, 0.5) is 0 Å². The maximum Gasteiger partial charge on any atom is 0.102 e. The van der Waals surface area contributed by atoms with Crippen molar-refractivity contribution in [2.45, 2.75) is 26.0 Å². The second-order valence-electron chi connectivity index (χ2n) is 1.36. The molecular weight excluding hydrogens is 158 g/mol. The summed E-state index contributed by atoms with van der Waals surface area (Å²) in [6.45, 7) is 1.98. The molecule has 7 heavy (non-hydrogen) atoms. The highest BCUT2D eigenvalue weighted by molar-refractivity contribution is 8.93. The van der Waals surface area contributed by atoms with Crippen LogP contribution in [0, 0.1) is 0 Å². The Hall–Kier alpha value is 0.400. The lowest BCUT2D eigenvalue weighted by molar-refractivity contribution is 0.171. The van der Waals surface area contributed by atoms with E-state index in [1.165, 1.54) is 0 Å². The van der Waals surface area contributed by atoms with E-state index in [4.69, 9.17) is 10.8 Å². The van der Waals surface area contributed by atoms with Crippen molar-refractivity contribution in [1.29, 1.82) is 0 Å². The summed E-state index contributed by atoms with van der Waals surface area (Å²) in [6, 6.07) is 0. The molecule has 0 spiro atoms. The van der Waals surface area contributed by atoms with Crippen molar-refractivity contribution in [1.82, 2.24) is 0 Å². The van der Waals surface area contributed by atoms with E-state index in [1.54, 1.807) is 0 Å². The first-order valence-corrected chi connectivity index (χ1v) is 2.21. The van der Waals surface area contributed by atoms with E-state index in [9.17, 15) is 0 Å². The van der Waals surface area contributed by atoms with Gasteiger partial charge in [0.25, 0.3) is 0 Å². The molecule has 0 aromatic rings. The van der Waals surface area contributed by atoms with Crippen LogP contribution < -0.4 is 5.73 Å². The highest BCUT2D eigenvalue weighted by atomic mass is 79.9. The molecule has 1 unspecified atom stereocenters. The van der Waals surface area contributed by atoms with Crippen LogP contribution in [-0.2, 0) is 0 Å². The molecule has 0 aliphatic heterocycles. The zero-order valence-electron chi connectivity index (χ0n) is 4.42. The van der Waals surface area contributed by atoms with Crippen molar-refractivity contribution in [3.05, 3.63) is 0 Å². The van der Waals surface area contributed by atoms with Gasteiger partial charge in [0.05, 0.1) is 0 Å². The summed E-state index contributed by atoms with van der Waals surface area (Å²) < 4.78 is 0. The number of hydrogen-bond acceptors (Lipinski definition) is 2. The van der Waals surface area contributed by atoms with Crippen molar-refractivity contribution in [2.75, 3.05) is 0 Å². The second-order valence-corrected chi connectivity index (χ2v) is 1.36. The lowest BCUT2D eigenvalue weighted by Gasteiger charge is -1.96. The minimum atomic E-state index is -0.602. The molecule has 2 nitrogen and oxygen atoms in total. The third kappa shape index (κ3) is 10.7. The van der Waals surface area contributed by atoms with Gasteiger partial charge < -0.3 is 10.8 Å². The quantitative estimate of drug-likeness (QED) is 0.597. The Labute approximate surface area is 54.5 Å². The third-order valence-corrected chi connectivity index (χ3v) is 0.584. The Morgan fingerprint density at radius 3 is 2.14 bits per heavy atom. The van der Waals surface area contributed by atoms with E-state index < -0.39 is 6.23 Å². The minimum Gasteiger partial charge on any atom is -0.379 e. The number of halogens is 1. The van der Waals surface area contributed by atoms with E-state index in [0.717, 1.165) is 6.42 Å². The fourth-order valence-corrected chi connectivity index (χ4v) is 0.296. The molecule has 0 heterocycles. The molecule has 46 valence electrons. The lowest BCUT2D eigenvalue weighted by Crippen LogP contribution is -2.17. The van der Waals surface area contributed by atoms with Gasteiger partial charge >= 0.3 is 0 Å². The van der Waals surface area contributed by atoms with Crippen LogP contribution in [0.5, 0.6) is 0 Å². The van der Waals surface area contributed by atoms with Gasteiger partial charge in [0, 0.05) is 0 Å². The standard InChI is InChI=1S/C4H11NO.BrH/c1-2-3-4(5)6;/h4,6H,2-3,5H2,1H3;1H. The molecule has 1 atom stereocenters. The molecule has 3 N–H and O–H groups in total. The number of hydrogen-bond donors (Lipinski definition) is 2. The largest absolute Gasteiger partial charge is 0.379 e. The van der Waals surface area contributed by atoms with Crippen molar-refractivity contribution >= 4 is 17.0 Å². The van der Waals surface area contributed by atoms with E-state index in [0.29, 0.717) is 6.42 Å². The van der Waals surface area contributed by atoms with Crippen LogP contribution in [0.3, 0.4) is 0 Å². The van der Waals surface area contributed by atoms with Crippen LogP contribution in [-0.4, -0.2) is 11.3 Å². The third-order valence-electron chi connectivity index (χ3n) is 0.584. The number of rotatable bonds is 2. The zero-order valence-corrected chi connectivity index (χ0v) is 6.14. The maximum atomic E-state index is 8.33. The van der Waals surface area contributed by atoms with Crippen LogP contribution in [0.15, 0.2) is 0 Å². The average Bonchev–Trinajstić information content (AvgIpc) is 1.35. The summed E-state index contributed by atoms with van der Waals surface area (Å²) >= 11 is 0. The van der Waals surface area contributed by atoms with Crippen molar-refractivity contribution in [2.24, 2.45) is 5.73 Å². The van der Waals surface area contributed by atoms with Gasteiger partial charge in [-0.1, -0.05) is 13.3 Å². The SMILES string of the molecule is Br.CCCC(N)O. The van der Waals surface area contributed by atoms with Gasteiger partial charge in [-0.05, 0) is 6.42 Å². The first kappa shape index (κ1) is 10.4. The normalized spacial score (nSPS) is 12.4. The highest BCUT2D eigenvalue weighted by Crippen LogP contribution is 1.85. The van der Waals surface area contributed by atoms with E-state index in [1.807, 2.05) is 6.92 Å². The Kier molecular flexibility index (Phi) is 9.50. The predicted octanol–water partition coefficient (Wildman–Crippen LogP) is 0.641.